The maximum absolute atomic E-state index is 12.3. The molecule has 8 heteroatoms. The second-order valence-electron chi connectivity index (χ2n) is 8.48. The first-order valence-corrected chi connectivity index (χ1v) is 11.3. The fourth-order valence-electron chi connectivity index (χ4n) is 3.43. The highest BCUT2D eigenvalue weighted by Gasteiger charge is 2.31. The molecule has 31 heavy (non-hydrogen) atoms. The van der Waals surface area contributed by atoms with Gasteiger partial charge in [0.05, 0.1) is 11.6 Å². The number of nitrogens with one attached hydrogen (secondary N) is 3. The standard InChI is InChI=1S/C23H35ClN4O3/c1-6-25-21(30-7-2)14-11-16-15-26-20(24)13-12-17(16)27-18-9-8-10-19(18)28-22(29)31-23(3,4)5/h13,15,18-19,21,25,27H,6-10,12H2,1-5H3,(H,28,29)/t18-,19-,21?/m0/s1. The zero-order valence-corrected chi connectivity index (χ0v) is 19.9. The van der Waals surface area contributed by atoms with Crippen molar-refractivity contribution < 1.29 is 14.3 Å². The number of hydrogen-bond donors (Lipinski definition) is 3. The van der Waals surface area contributed by atoms with E-state index in [4.69, 9.17) is 21.1 Å². The molecule has 1 saturated carbocycles. The minimum Gasteiger partial charge on any atom is -0.444 e. The van der Waals surface area contributed by atoms with Crippen molar-refractivity contribution in [3.05, 3.63) is 22.5 Å². The van der Waals surface area contributed by atoms with Gasteiger partial charge >= 0.3 is 6.09 Å². The summed E-state index contributed by atoms with van der Waals surface area (Å²) in [6, 6.07) is 0.0589. The molecule has 3 atom stereocenters. The van der Waals surface area contributed by atoms with E-state index in [9.17, 15) is 4.79 Å². The fourth-order valence-corrected chi connectivity index (χ4v) is 3.56. The third-order valence-corrected chi connectivity index (χ3v) is 5.01. The van der Waals surface area contributed by atoms with E-state index in [0.717, 1.165) is 37.1 Å². The highest BCUT2D eigenvalue weighted by molar-refractivity contribution is 6.30. The highest BCUT2D eigenvalue weighted by Crippen LogP contribution is 2.23. The van der Waals surface area contributed by atoms with Gasteiger partial charge in [0.1, 0.15) is 10.8 Å². The zero-order valence-electron chi connectivity index (χ0n) is 19.2. The second-order valence-corrected chi connectivity index (χ2v) is 8.87. The molecule has 0 bridgehead atoms. The molecule has 172 valence electrons. The van der Waals surface area contributed by atoms with Crippen molar-refractivity contribution in [2.24, 2.45) is 4.99 Å². The smallest absolute Gasteiger partial charge is 0.407 e. The summed E-state index contributed by atoms with van der Waals surface area (Å²) in [4.78, 5) is 16.5. The van der Waals surface area contributed by atoms with Crippen LogP contribution in [0.25, 0.3) is 0 Å². The molecule has 2 rings (SSSR count). The summed E-state index contributed by atoms with van der Waals surface area (Å²) in [6.07, 6.45) is 6.23. The van der Waals surface area contributed by atoms with Crippen LogP contribution in [-0.4, -0.2) is 49.4 Å². The summed E-state index contributed by atoms with van der Waals surface area (Å²) in [5.74, 6) is 6.32. The van der Waals surface area contributed by atoms with Gasteiger partial charge in [-0.1, -0.05) is 24.4 Å². The molecule has 0 radical (unpaired) electrons. The molecule has 1 aliphatic heterocycles. The van der Waals surface area contributed by atoms with Crippen LogP contribution in [0.15, 0.2) is 27.5 Å². The molecule has 3 N–H and O–H groups in total. The Labute approximate surface area is 191 Å². The molecule has 0 aromatic heterocycles. The lowest BCUT2D eigenvalue weighted by atomic mass is 10.1. The van der Waals surface area contributed by atoms with E-state index in [1.807, 2.05) is 40.7 Å². The number of allylic oxidation sites excluding steroid dienone is 2. The fraction of sp³-hybridized carbons (Fsp3) is 0.652. The van der Waals surface area contributed by atoms with Gasteiger partial charge in [-0.05, 0) is 65.5 Å². The monoisotopic (exact) mass is 450 g/mol. The van der Waals surface area contributed by atoms with E-state index in [0.29, 0.717) is 18.2 Å². The van der Waals surface area contributed by atoms with Crippen LogP contribution in [0.3, 0.4) is 0 Å². The molecule has 0 spiro atoms. The van der Waals surface area contributed by atoms with Crippen LogP contribution >= 0.6 is 11.6 Å². The molecule has 7 nitrogen and oxygen atoms in total. The van der Waals surface area contributed by atoms with Crippen molar-refractivity contribution in [2.75, 3.05) is 13.2 Å². The first kappa shape index (κ1) is 25.3. The molecule has 1 unspecified atom stereocenters. The molecule has 2 aliphatic rings. The predicted molar refractivity (Wildman–Crippen MR) is 125 cm³/mol. The van der Waals surface area contributed by atoms with Gasteiger partial charge in [0.25, 0.3) is 0 Å². The predicted octanol–water partition coefficient (Wildman–Crippen LogP) is 3.81. The quantitative estimate of drug-likeness (QED) is 0.312. The first-order valence-electron chi connectivity index (χ1n) is 11.0. The van der Waals surface area contributed by atoms with Gasteiger partial charge in [-0.3, -0.25) is 5.32 Å². The summed E-state index contributed by atoms with van der Waals surface area (Å²) >= 11 is 6.14. The minimum absolute atomic E-state index is 0.0193. The Morgan fingerprint density at radius 1 is 1.32 bits per heavy atom. The van der Waals surface area contributed by atoms with Crippen molar-refractivity contribution in [1.82, 2.24) is 16.0 Å². The average molecular weight is 451 g/mol. The lowest BCUT2D eigenvalue weighted by Crippen LogP contribution is -2.48. The number of amides is 1. The highest BCUT2D eigenvalue weighted by atomic mass is 35.5. The number of rotatable bonds is 7. The Morgan fingerprint density at radius 3 is 2.74 bits per heavy atom. The Bertz CT molecular complexity index is 768. The van der Waals surface area contributed by atoms with Gasteiger partial charge < -0.3 is 20.1 Å². The summed E-state index contributed by atoms with van der Waals surface area (Å²) in [5.41, 5.74) is 1.17. The normalized spacial score (nSPS) is 22.2. The van der Waals surface area contributed by atoms with Gasteiger partial charge in [0.2, 0.25) is 0 Å². The second kappa shape index (κ2) is 12.1. The molecule has 1 amide bonds. The van der Waals surface area contributed by atoms with Crippen LogP contribution in [0.5, 0.6) is 0 Å². The number of aliphatic imine (C=N–C) groups is 1. The summed E-state index contributed by atoms with van der Waals surface area (Å²) in [7, 11) is 0. The van der Waals surface area contributed by atoms with E-state index in [2.05, 4.69) is 32.8 Å². The van der Waals surface area contributed by atoms with Gasteiger partial charge in [-0.15, -0.1) is 0 Å². The zero-order chi connectivity index (χ0) is 22.9. The minimum atomic E-state index is -0.528. The van der Waals surface area contributed by atoms with E-state index in [-0.39, 0.29) is 18.3 Å². The number of halogens is 1. The Hall–Kier alpha value is -2.01. The number of alkyl carbamates (subject to hydrolysis) is 1. The lowest BCUT2D eigenvalue weighted by molar-refractivity contribution is 0.0499. The summed E-state index contributed by atoms with van der Waals surface area (Å²) in [5, 5.41) is 10.2. The van der Waals surface area contributed by atoms with Crippen LogP contribution < -0.4 is 16.0 Å². The third-order valence-electron chi connectivity index (χ3n) is 4.76. The van der Waals surface area contributed by atoms with Gasteiger partial charge in [0, 0.05) is 31.0 Å². The molecule has 1 fully saturated rings. The van der Waals surface area contributed by atoms with Crippen LogP contribution in [0.4, 0.5) is 4.79 Å². The number of carbonyl (C=O) groups excluding carboxylic acids is 1. The van der Waals surface area contributed by atoms with E-state index < -0.39 is 11.7 Å². The lowest BCUT2D eigenvalue weighted by Gasteiger charge is -2.26. The number of ether oxygens (including phenoxy) is 2. The van der Waals surface area contributed by atoms with Crippen molar-refractivity contribution in [3.63, 3.8) is 0 Å². The topological polar surface area (TPSA) is 84.0 Å². The number of hydrogen-bond acceptors (Lipinski definition) is 6. The van der Waals surface area contributed by atoms with Crippen molar-refractivity contribution in [3.8, 4) is 11.8 Å². The maximum Gasteiger partial charge on any atom is 0.407 e. The van der Waals surface area contributed by atoms with Gasteiger partial charge in [-0.25, -0.2) is 9.79 Å². The van der Waals surface area contributed by atoms with Crippen molar-refractivity contribution in [1.29, 1.82) is 0 Å². The van der Waals surface area contributed by atoms with Gasteiger partial charge in [0.15, 0.2) is 6.23 Å². The third kappa shape index (κ3) is 8.94. The van der Waals surface area contributed by atoms with Crippen molar-refractivity contribution >= 4 is 23.9 Å². The first-order chi connectivity index (χ1) is 14.7. The van der Waals surface area contributed by atoms with Crippen LogP contribution in [0.1, 0.15) is 60.3 Å². The molecule has 1 aliphatic carbocycles. The molecule has 0 aromatic carbocycles. The molecule has 0 aromatic rings. The van der Waals surface area contributed by atoms with E-state index in [1.54, 1.807) is 6.21 Å². The molecule has 0 saturated heterocycles. The summed E-state index contributed by atoms with van der Waals surface area (Å²) in [6.45, 7) is 10.8. The van der Waals surface area contributed by atoms with Crippen molar-refractivity contribution in [2.45, 2.75) is 84.2 Å². The average Bonchev–Trinajstić information content (AvgIpc) is 3.02. The largest absolute Gasteiger partial charge is 0.444 e. The molecular weight excluding hydrogens is 416 g/mol. The molecular formula is C23H35ClN4O3. The molecule has 1 heterocycles. The Morgan fingerprint density at radius 2 is 2.06 bits per heavy atom. The maximum atomic E-state index is 12.3. The SMILES string of the molecule is CCNC(C#CC1=C(N[C@H]2CCC[C@@H]2NC(=O)OC(C)(C)C)CC=C(Cl)N=C1)OCC. The van der Waals surface area contributed by atoms with Gasteiger partial charge in [-0.2, -0.15) is 0 Å². The van der Waals surface area contributed by atoms with Crippen LogP contribution in [-0.2, 0) is 9.47 Å². The van der Waals surface area contributed by atoms with Crippen LogP contribution in [0.2, 0.25) is 0 Å². The van der Waals surface area contributed by atoms with Crippen LogP contribution in [0, 0.1) is 11.8 Å². The van der Waals surface area contributed by atoms with E-state index in [1.165, 1.54) is 0 Å². The Kier molecular flexibility index (Phi) is 9.89. The Balaban J connectivity index is 2.17. The van der Waals surface area contributed by atoms with E-state index >= 15 is 0 Å². The number of nitrogens with zero attached hydrogens (tertiary/aromatic N) is 1. The number of carbonyl (C=O) groups is 1. The summed E-state index contributed by atoms with van der Waals surface area (Å²) < 4.78 is 11.0.